The molecule has 0 N–H and O–H groups in total. The third-order valence-electron chi connectivity index (χ3n) is 8.02. The van der Waals surface area contributed by atoms with Crippen molar-refractivity contribution in [3.63, 3.8) is 0 Å². The predicted octanol–water partition coefficient (Wildman–Crippen LogP) is 11.3. The normalized spacial score (nSPS) is 17.8. The van der Waals surface area contributed by atoms with Gasteiger partial charge in [-0.25, -0.2) is 0 Å². The summed E-state index contributed by atoms with van der Waals surface area (Å²) in [5.41, 5.74) is -3.10. The Bertz CT molecular complexity index is 1440. The SMILES string of the molecule is CCCCCCc1oc2ccccc2c1C1=C(c2c(CCCCCC)oc3ccccc23)C(F)(F)C(F)(F)C1(F)F. The average molecular weight is 577 g/mol. The summed E-state index contributed by atoms with van der Waals surface area (Å²) in [7, 11) is 0. The number of hydrogen-bond donors (Lipinski definition) is 0. The van der Waals surface area contributed by atoms with Crippen LogP contribution in [0.2, 0.25) is 0 Å². The molecule has 0 aliphatic heterocycles. The summed E-state index contributed by atoms with van der Waals surface area (Å²) in [5, 5.41) is 0.215. The molecule has 0 bridgehead atoms. The molecule has 0 amide bonds. The van der Waals surface area contributed by atoms with Crippen LogP contribution >= 0.6 is 0 Å². The molecule has 5 rings (SSSR count). The van der Waals surface area contributed by atoms with Gasteiger partial charge in [-0.15, -0.1) is 0 Å². The van der Waals surface area contributed by atoms with Crippen LogP contribution in [-0.4, -0.2) is 17.8 Å². The van der Waals surface area contributed by atoms with Crippen LogP contribution < -0.4 is 0 Å². The van der Waals surface area contributed by atoms with Crippen LogP contribution in [0.4, 0.5) is 26.3 Å². The molecule has 4 aromatic rings. The van der Waals surface area contributed by atoms with Crippen molar-refractivity contribution in [3.05, 3.63) is 71.2 Å². The Hall–Kier alpha value is -3.16. The van der Waals surface area contributed by atoms with Gasteiger partial charge in [0, 0.05) is 45.9 Å². The van der Waals surface area contributed by atoms with Crippen molar-refractivity contribution in [2.45, 2.75) is 95.8 Å². The summed E-state index contributed by atoms with van der Waals surface area (Å²) in [6.07, 6.45) is 6.54. The van der Waals surface area contributed by atoms with E-state index in [1.54, 1.807) is 24.3 Å². The van der Waals surface area contributed by atoms with E-state index in [1.807, 2.05) is 13.8 Å². The Balaban J connectivity index is 1.82. The van der Waals surface area contributed by atoms with E-state index < -0.39 is 28.9 Å². The molecule has 0 saturated heterocycles. The van der Waals surface area contributed by atoms with Gasteiger partial charge in [-0.3, -0.25) is 0 Å². The van der Waals surface area contributed by atoms with Crippen molar-refractivity contribution in [2.24, 2.45) is 0 Å². The zero-order valence-corrected chi connectivity index (χ0v) is 23.3. The first-order valence-corrected chi connectivity index (χ1v) is 14.5. The van der Waals surface area contributed by atoms with E-state index in [-0.39, 0.29) is 57.4 Å². The van der Waals surface area contributed by atoms with E-state index in [2.05, 4.69) is 0 Å². The molecule has 1 aliphatic carbocycles. The van der Waals surface area contributed by atoms with Gasteiger partial charge in [-0.1, -0.05) is 88.8 Å². The van der Waals surface area contributed by atoms with E-state index in [4.69, 9.17) is 8.83 Å². The van der Waals surface area contributed by atoms with Crippen molar-refractivity contribution < 1.29 is 35.2 Å². The van der Waals surface area contributed by atoms with E-state index in [0.29, 0.717) is 12.8 Å². The lowest BCUT2D eigenvalue weighted by atomic mass is 9.89. The molecule has 2 heterocycles. The molecule has 2 aromatic carbocycles. The van der Waals surface area contributed by atoms with E-state index in [9.17, 15) is 0 Å². The van der Waals surface area contributed by atoms with Crippen molar-refractivity contribution in [1.82, 2.24) is 0 Å². The smallest absolute Gasteiger partial charge is 0.380 e. The van der Waals surface area contributed by atoms with Crippen LogP contribution in [0.15, 0.2) is 57.4 Å². The minimum atomic E-state index is -5.67. The van der Waals surface area contributed by atoms with Gasteiger partial charge in [0.25, 0.3) is 0 Å². The fraction of sp³-hybridized carbons (Fsp3) is 0.455. The number of para-hydroxylation sites is 2. The minimum absolute atomic E-state index is 0.0141. The number of rotatable bonds is 12. The highest BCUT2D eigenvalue weighted by atomic mass is 19.3. The van der Waals surface area contributed by atoms with Crippen LogP contribution in [0.5, 0.6) is 0 Å². The molecule has 8 heteroatoms. The van der Waals surface area contributed by atoms with Gasteiger partial charge in [-0.2, -0.15) is 26.3 Å². The van der Waals surface area contributed by atoms with Crippen molar-refractivity contribution >= 4 is 33.1 Å². The van der Waals surface area contributed by atoms with E-state index in [1.165, 1.54) is 24.3 Å². The van der Waals surface area contributed by atoms with Crippen molar-refractivity contribution in [2.75, 3.05) is 0 Å². The molecule has 0 saturated carbocycles. The zero-order chi connectivity index (χ0) is 29.4. The van der Waals surface area contributed by atoms with Gasteiger partial charge in [0.1, 0.15) is 22.7 Å². The maximum Gasteiger partial charge on any atom is 0.380 e. The number of hydrogen-bond acceptors (Lipinski definition) is 2. The molecule has 0 fully saturated rings. The van der Waals surface area contributed by atoms with E-state index >= 15 is 26.3 Å². The largest absolute Gasteiger partial charge is 0.460 e. The number of furan rings is 2. The molecule has 2 aromatic heterocycles. The first kappa shape index (κ1) is 29.3. The second-order valence-electron chi connectivity index (χ2n) is 10.9. The fourth-order valence-corrected chi connectivity index (χ4v) is 5.91. The summed E-state index contributed by atoms with van der Waals surface area (Å²) < 4.78 is 106. The van der Waals surface area contributed by atoms with Crippen LogP contribution in [-0.2, 0) is 12.8 Å². The Morgan fingerprint density at radius 2 is 0.927 bits per heavy atom. The van der Waals surface area contributed by atoms with Gasteiger partial charge in [0.15, 0.2) is 0 Å². The topological polar surface area (TPSA) is 26.3 Å². The van der Waals surface area contributed by atoms with Gasteiger partial charge >= 0.3 is 17.8 Å². The van der Waals surface area contributed by atoms with Crippen LogP contribution in [0.3, 0.4) is 0 Å². The van der Waals surface area contributed by atoms with E-state index in [0.717, 1.165) is 38.5 Å². The number of benzene rings is 2. The Morgan fingerprint density at radius 3 is 1.32 bits per heavy atom. The third-order valence-corrected chi connectivity index (χ3v) is 8.02. The maximum absolute atomic E-state index is 16.0. The predicted molar refractivity (Wildman–Crippen MR) is 150 cm³/mol. The maximum atomic E-state index is 16.0. The van der Waals surface area contributed by atoms with Gasteiger partial charge < -0.3 is 8.83 Å². The lowest BCUT2D eigenvalue weighted by Gasteiger charge is -2.26. The number of allylic oxidation sites excluding steroid dienone is 2. The summed E-state index contributed by atoms with van der Waals surface area (Å²) in [6.45, 7) is 4.03. The Kier molecular flexibility index (Phi) is 8.05. The molecule has 0 atom stereocenters. The van der Waals surface area contributed by atoms with Gasteiger partial charge in [0.2, 0.25) is 0 Å². The monoisotopic (exact) mass is 576 g/mol. The first-order chi connectivity index (χ1) is 19.6. The van der Waals surface area contributed by atoms with Crippen LogP contribution in [0, 0.1) is 0 Å². The number of unbranched alkanes of at least 4 members (excludes halogenated alkanes) is 6. The molecule has 2 nitrogen and oxygen atoms in total. The molecular weight excluding hydrogens is 542 g/mol. The molecule has 1 aliphatic rings. The Labute approximate surface area is 235 Å². The number of aryl methyl sites for hydroxylation is 2. The lowest BCUT2D eigenvalue weighted by Crippen LogP contribution is -2.49. The highest BCUT2D eigenvalue weighted by molar-refractivity contribution is 6.11. The summed E-state index contributed by atoms with van der Waals surface area (Å²) in [5.74, 6) is -16.0. The lowest BCUT2D eigenvalue weighted by molar-refractivity contribution is -0.254. The van der Waals surface area contributed by atoms with Gasteiger partial charge in [-0.05, 0) is 25.0 Å². The highest BCUT2D eigenvalue weighted by Crippen LogP contribution is 2.66. The molecule has 0 radical (unpaired) electrons. The summed E-state index contributed by atoms with van der Waals surface area (Å²) >= 11 is 0. The minimum Gasteiger partial charge on any atom is -0.460 e. The summed E-state index contributed by atoms with van der Waals surface area (Å²) in [6, 6.07) is 12.3. The fourth-order valence-electron chi connectivity index (χ4n) is 5.91. The quantitative estimate of drug-likeness (QED) is 0.124. The summed E-state index contributed by atoms with van der Waals surface area (Å²) in [4.78, 5) is 0. The third kappa shape index (κ3) is 4.77. The molecular formula is C33H34F6O2. The standard InChI is InChI=1S/C33H34F6O2/c1-3-5-7-9-19-25-27(21-15-11-13-17-23(21)40-25)29-30(32(36,37)33(38,39)31(29,34)35)28-22-16-12-14-18-24(22)41-26(28)20-10-8-6-4-2/h11-18H,3-10,19-20H2,1-2H3. The average Bonchev–Trinajstić information content (AvgIpc) is 3.51. The zero-order valence-electron chi connectivity index (χ0n) is 23.3. The highest BCUT2D eigenvalue weighted by Gasteiger charge is 2.81. The second kappa shape index (κ2) is 11.3. The van der Waals surface area contributed by atoms with Crippen LogP contribution in [0.25, 0.3) is 33.1 Å². The number of alkyl halides is 6. The Morgan fingerprint density at radius 1 is 0.537 bits per heavy atom. The molecule has 220 valence electrons. The molecule has 41 heavy (non-hydrogen) atoms. The van der Waals surface area contributed by atoms with Crippen LogP contribution in [0.1, 0.15) is 87.9 Å². The number of halogens is 6. The van der Waals surface area contributed by atoms with Crippen molar-refractivity contribution in [1.29, 1.82) is 0 Å². The molecule has 0 spiro atoms. The van der Waals surface area contributed by atoms with Gasteiger partial charge in [0.05, 0.1) is 0 Å². The van der Waals surface area contributed by atoms with Crippen molar-refractivity contribution in [3.8, 4) is 0 Å². The number of fused-ring (bicyclic) bond motifs is 2. The molecule has 0 unspecified atom stereocenters. The second-order valence-corrected chi connectivity index (χ2v) is 10.9. The first-order valence-electron chi connectivity index (χ1n) is 14.5.